The molecule has 2 aromatic rings. The van der Waals surface area contributed by atoms with Gasteiger partial charge in [0.1, 0.15) is 0 Å². The van der Waals surface area contributed by atoms with E-state index in [-0.39, 0.29) is 5.91 Å². The van der Waals surface area contributed by atoms with Crippen molar-refractivity contribution >= 4 is 17.5 Å². The van der Waals surface area contributed by atoms with Crippen LogP contribution in [0.3, 0.4) is 0 Å². The quantitative estimate of drug-likeness (QED) is 0.846. The van der Waals surface area contributed by atoms with E-state index >= 15 is 0 Å². The topological polar surface area (TPSA) is 51.0 Å². The number of hydrogen-bond acceptors (Lipinski definition) is 3. The lowest BCUT2D eigenvalue weighted by Crippen LogP contribution is -2.23. The van der Waals surface area contributed by atoms with Gasteiger partial charge in [-0.05, 0) is 31.5 Å². The van der Waals surface area contributed by atoms with Gasteiger partial charge in [0.05, 0.1) is 11.4 Å². The summed E-state index contributed by atoms with van der Waals surface area (Å²) in [4.78, 5) is 14.8. The molecule has 0 atom stereocenters. The van der Waals surface area contributed by atoms with E-state index in [0.29, 0.717) is 16.4 Å². The summed E-state index contributed by atoms with van der Waals surface area (Å²) in [5.74, 6) is -0.165. The van der Waals surface area contributed by atoms with E-state index < -0.39 is 0 Å². The predicted molar refractivity (Wildman–Crippen MR) is 73.9 cm³/mol. The van der Waals surface area contributed by atoms with Gasteiger partial charge in [-0.15, -0.1) is 5.10 Å². The first-order valence-electron chi connectivity index (χ1n) is 5.82. The first kappa shape index (κ1) is 13.5. The summed E-state index contributed by atoms with van der Waals surface area (Å²) >= 11 is 6.08. The highest BCUT2D eigenvalue weighted by Gasteiger charge is 2.17. The molecule has 0 aliphatic carbocycles. The molecule has 5 nitrogen and oxygen atoms in total. The molecule has 0 saturated heterocycles. The third-order valence-electron chi connectivity index (χ3n) is 2.78. The summed E-state index contributed by atoms with van der Waals surface area (Å²) < 4.78 is 0. The second-order valence-electron chi connectivity index (χ2n) is 4.56. The van der Waals surface area contributed by atoms with Gasteiger partial charge in [0, 0.05) is 19.1 Å². The Hall–Kier alpha value is -1.88. The van der Waals surface area contributed by atoms with Crippen LogP contribution in [0.2, 0.25) is 5.02 Å². The van der Waals surface area contributed by atoms with Crippen molar-refractivity contribution in [2.24, 2.45) is 0 Å². The van der Waals surface area contributed by atoms with E-state index in [9.17, 15) is 4.79 Å². The maximum absolute atomic E-state index is 11.9. The van der Waals surface area contributed by atoms with Crippen LogP contribution >= 0.6 is 11.6 Å². The highest BCUT2D eigenvalue weighted by atomic mass is 35.5. The average Bonchev–Trinajstić information content (AvgIpc) is 2.73. The van der Waals surface area contributed by atoms with Crippen LogP contribution in [0.1, 0.15) is 21.7 Å². The zero-order valence-electron chi connectivity index (χ0n) is 11.3. The van der Waals surface area contributed by atoms with Crippen molar-refractivity contribution in [1.29, 1.82) is 0 Å². The molecule has 100 valence electrons. The Bertz CT molecular complexity index is 634. The molecular formula is C13H15ClN4O. The maximum Gasteiger partial charge on any atom is 0.275 e. The number of carbonyl (C=O) groups excluding carboxylic acids is 1. The van der Waals surface area contributed by atoms with E-state index in [1.165, 1.54) is 9.70 Å². The molecule has 1 aromatic carbocycles. The van der Waals surface area contributed by atoms with Crippen molar-refractivity contribution in [3.8, 4) is 5.69 Å². The van der Waals surface area contributed by atoms with Crippen molar-refractivity contribution in [3.63, 3.8) is 0 Å². The molecule has 6 heteroatoms. The van der Waals surface area contributed by atoms with Gasteiger partial charge in [0.25, 0.3) is 5.91 Å². The maximum atomic E-state index is 11.9. The van der Waals surface area contributed by atoms with E-state index in [1.54, 1.807) is 27.1 Å². The molecule has 1 aromatic heterocycles. The number of hydrogen-bond donors (Lipinski definition) is 0. The predicted octanol–water partition coefficient (Wildman–Crippen LogP) is 2.24. The summed E-state index contributed by atoms with van der Waals surface area (Å²) in [6.07, 6.45) is 0. The first-order chi connectivity index (χ1) is 8.90. The number of amides is 1. The molecule has 1 amide bonds. The lowest BCUT2D eigenvalue weighted by atomic mass is 10.2. The average molecular weight is 279 g/mol. The SMILES string of the molecule is Cc1ccc(-n2nc(C)c(C(=O)N(C)C)n2)cc1Cl. The Morgan fingerprint density at radius 1 is 1.26 bits per heavy atom. The van der Waals surface area contributed by atoms with Gasteiger partial charge in [-0.3, -0.25) is 4.79 Å². The summed E-state index contributed by atoms with van der Waals surface area (Å²) in [6.45, 7) is 3.69. The number of halogens is 1. The number of nitrogens with zero attached hydrogens (tertiary/aromatic N) is 4. The van der Waals surface area contributed by atoms with Crippen LogP contribution in [0.4, 0.5) is 0 Å². The molecule has 2 rings (SSSR count). The number of carbonyl (C=O) groups is 1. The van der Waals surface area contributed by atoms with Gasteiger partial charge in [-0.1, -0.05) is 17.7 Å². The molecule has 0 N–H and O–H groups in total. The van der Waals surface area contributed by atoms with E-state index in [2.05, 4.69) is 10.2 Å². The first-order valence-corrected chi connectivity index (χ1v) is 6.20. The fourth-order valence-electron chi connectivity index (χ4n) is 1.61. The Kier molecular flexibility index (Phi) is 3.57. The van der Waals surface area contributed by atoms with Crippen LogP contribution in [0, 0.1) is 13.8 Å². The van der Waals surface area contributed by atoms with E-state index in [0.717, 1.165) is 11.3 Å². The fourth-order valence-corrected chi connectivity index (χ4v) is 1.78. The van der Waals surface area contributed by atoms with Crippen molar-refractivity contribution in [3.05, 3.63) is 40.2 Å². The molecule has 0 fully saturated rings. The van der Waals surface area contributed by atoms with Crippen molar-refractivity contribution in [2.45, 2.75) is 13.8 Å². The van der Waals surface area contributed by atoms with Crippen molar-refractivity contribution in [1.82, 2.24) is 19.9 Å². The lowest BCUT2D eigenvalue weighted by molar-refractivity contribution is 0.0821. The normalized spacial score (nSPS) is 10.6. The minimum Gasteiger partial charge on any atom is -0.343 e. The van der Waals surface area contributed by atoms with E-state index in [1.807, 2.05) is 19.1 Å². The van der Waals surface area contributed by atoms with Crippen LogP contribution in [-0.2, 0) is 0 Å². The van der Waals surface area contributed by atoms with Gasteiger partial charge in [0.2, 0.25) is 0 Å². The molecule has 19 heavy (non-hydrogen) atoms. The highest BCUT2D eigenvalue weighted by Crippen LogP contribution is 2.19. The van der Waals surface area contributed by atoms with Crippen LogP contribution in [0.5, 0.6) is 0 Å². The Labute approximate surface area is 116 Å². The fraction of sp³-hybridized carbons (Fsp3) is 0.308. The number of benzene rings is 1. The molecule has 0 saturated carbocycles. The van der Waals surface area contributed by atoms with Gasteiger partial charge in [-0.2, -0.15) is 9.90 Å². The largest absolute Gasteiger partial charge is 0.343 e. The third kappa shape index (κ3) is 2.61. The van der Waals surface area contributed by atoms with Crippen LogP contribution in [0.15, 0.2) is 18.2 Å². The summed E-state index contributed by atoms with van der Waals surface area (Å²) in [6, 6.07) is 5.54. The van der Waals surface area contributed by atoms with Gasteiger partial charge in [0.15, 0.2) is 5.69 Å². The van der Waals surface area contributed by atoms with Crippen LogP contribution < -0.4 is 0 Å². The number of rotatable bonds is 2. The van der Waals surface area contributed by atoms with Crippen LogP contribution in [-0.4, -0.2) is 39.9 Å². The van der Waals surface area contributed by atoms with Crippen molar-refractivity contribution in [2.75, 3.05) is 14.1 Å². The summed E-state index contributed by atoms with van der Waals surface area (Å²) in [7, 11) is 3.37. The second kappa shape index (κ2) is 5.01. The zero-order valence-corrected chi connectivity index (χ0v) is 12.1. The van der Waals surface area contributed by atoms with Crippen LogP contribution in [0.25, 0.3) is 5.69 Å². The minimum atomic E-state index is -0.165. The van der Waals surface area contributed by atoms with Crippen molar-refractivity contribution < 1.29 is 4.79 Å². The van der Waals surface area contributed by atoms with Gasteiger partial charge < -0.3 is 4.90 Å². The standard InChI is InChI=1S/C13H15ClN4O/c1-8-5-6-10(7-11(8)14)18-15-9(2)12(16-18)13(19)17(3)4/h5-7H,1-4H3. The zero-order chi connectivity index (χ0) is 14.2. The minimum absolute atomic E-state index is 0.165. The molecule has 0 aliphatic rings. The number of aromatic nitrogens is 3. The highest BCUT2D eigenvalue weighted by molar-refractivity contribution is 6.31. The molecule has 0 spiro atoms. The smallest absolute Gasteiger partial charge is 0.275 e. The Morgan fingerprint density at radius 2 is 1.95 bits per heavy atom. The molecule has 1 heterocycles. The molecule has 0 aliphatic heterocycles. The molecule has 0 radical (unpaired) electrons. The monoisotopic (exact) mass is 278 g/mol. The number of aryl methyl sites for hydroxylation is 2. The van der Waals surface area contributed by atoms with Gasteiger partial charge >= 0.3 is 0 Å². The third-order valence-corrected chi connectivity index (χ3v) is 3.18. The summed E-state index contributed by atoms with van der Waals surface area (Å²) in [5.41, 5.74) is 2.66. The second-order valence-corrected chi connectivity index (χ2v) is 4.96. The lowest BCUT2D eigenvalue weighted by Gasteiger charge is -2.07. The molecular weight excluding hydrogens is 264 g/mol. The Morgan fingerprint density at radius 3 is 2.53 bits per heavy atom. The summed E-state index contributed by atoms with van der Waals surface area (Å²) in [5, 5.41) is 9.13. The molecule has 0 unspecified atom stereocenters. The van der Waals surface area contributed by atoms with Gasteiger partial charge in [-0.25, -0.2) is 0 Å². The van der Waals surface area contributed by atoms with E-state index in [4.69, 9.17) is 11.6 Å². The molecule has 0 bridgehead atoms. The Balaban J connectivity index is 2.44.